The summed E-state index contributed by atoms with van der Waals surface area (Å²) in [6.45, 7) is 5.77. The van der Waals surface area contributed by atoms with E-state index in [4.69, 9.17) is 0 Å². The van der Waals surface area contributed by atoms with Crippen LogP contribution in [0.1, 0.15) is 63.2 Å². The van der Waals surface area contributed by atoms with Crippen LogP contribution < -0.4 is 5.32 Å². The number of Topliss-reactive ketones (excluding diaryl/α,β-unsaturated/α-hetero) is 1. The predicted molar refractivity (Wildman–Crippen MR) is 157 cm³/mol. The molecule has 4 unspecified atom stereocenters. The zero-order chi connectivity index (χ0) is 28.2. The van der Waals surface area contributed by atoms with Gasteiger partial charge in [0.2, 0.25) is 5.91 Å². The third-order valence-corrected chi connectivity index (χ3v) is 7.59. The number of carbonyl (C=O) groups is 3. The molecule has 4 atom stereocenters. The highest BCUT2D eigenvalue weighted by molar-refractivity contribution is 6.04. The van der Waals surface area contributed by atoms with Crippen LogP contribution in [0.5, 0.6) is 0 Å². The monoisotopic (exact) mass is 530 g/mol. The van der Waals surface area contributed by atoms with E-state index in [0.717, 1.165) is 16.7 Å². The average Bonchev–Trinajstić information content (AvgIpc) is 3.34. The maximum Gasteiger partial charge on any atom is 0.255 e. The number of benzene rings is 4. The zero-order valence-electron chi connectivity index (χ0n) is 23.0. The Morgan fingerprint density at radius 2 is 1.20 bits per heavy atom. The molecule has 1 aliphatic heterocycles. The molecule has 40 heavy (non-hydrogen) atoms. The van der Waals surface area contributed by atoms with Crippen LogP contribution in [-0.2, 0) is 4.79 Å². The molecular formula is C35H34N2O3. The minimum absolute atomic E-state index is 0.0927. The highest BCUT2D eigenvalue weighted by Gasteiger charge is 2.57. The van der Waals surface area contributed by atoms with Crippen molar-refractivity contribution in [2.45, 2.75) is 44.8 Å². The van der Waals surface area contributed by atoms with Gasteiger partial charge in [-0.1, -0.05) is 109 Å². The molecule has 1 heterocycles. The second-order valence-corrected chi connectivity index (χ2v) is 10.7. The van der Waals surface area contributed by atoms with Crippen LogP contribution in [0, 0.1) is 12.8 Å². The normalized spacial score (nSPS) is 20.4. The van der Waals surface area contributed by atoms with Crippen LogP contribution in [0.25, 0.3) is 0 Å². The number of rotatable bonds is 7. The topological polar surface area (TPSA) is 66.5 Å². The Morgan fingerprint density at radius 1 is 0.675 bits per heavy atom. The predicted octanol–water partition coefficient (Wildman–Crippen LogP) is 6.37. The van der Waals surface area contributed by atoms with Gasteiger partial charge in [0, 0.05) is 23.1 Å². The number of amides is 2. The molecule has 5 heteroatoms. The third-order valence-electron chi connectivity index (χ3n) is 7.59. The van der Waals surface area contributed by atoms with Gasteiger partial charge in [-0.2, -0.15) is 0 Å². The quantitative estimate of drug-likeness (QED) is 0.283. The average molecular weight is 531 g/mol. The Balaban J connectivity index is 1.77. The van der Waals surface area contributed by atoms with Gasteiger partial charge in [-0.05, 0) is 44.0 Å². The Kier molecular flexibility index (Phi) is 7.92. The Bertz CT molecular complexity index is 1470. The van der Waals surface area contributed by atoms with Gasteiger partial charge < -0.3 is 10.2 Å². The fraction of sp³-hybridized carbons (Fsp3) is 0.229. The molecule has 0 aromatic heterocycles. The number of likely N-dealkylation sites (tertiary alicyclic amines) is 1. The summed E-state index contributed by atoms with van der Waals surface area (Å²) in [5.41, 5.74) is 3.74. The number of hydrogen-bond donors (Lipinski definition) is 1. The molecule has 0 saturated carbocycles. The van der Waals surface area contributed by atoms with E-state index in [-0.39, 0.29) is 23.6 Å². The lowest BCUT2D eigenvalue weighted by molar-refractivity contribution is -0.126. The Hall–Kier alpha value is -4.51. The molecule has 1 N–H and O–H groups in total. The third kappa shape index (κ3) is 5.32. The molecule has 5 rings (SSSR count). The van der Waals surface area contributed by atoms with Crippen LogP contribution in [0.4, 0.5) is 0 Å². The van der Waals surface area contributed by atoms with Gasteiger partial charge in [-0.25, -0.2) is 0 Å². The molecule has 1 fully saturated rings. The second-order valence-electron chi connectivity index (χ2n) is 10.7. The summed E-state index contributed by atoms with van der Waals surface area (Å²) in [6, 6.07) is 34.1. The number of hydrogen-bond acceptors (Lipinski definition) is 3. The van der Waals surface area contributed by atoms with Crippen LogP contribution >= 0.6 is 0 Å². The summed E-state index contributed by atoms with van der Waals surface area (Å²) in [4.78, 5) is 44.7. The summed E-state index contributed by atoms with van der Waals surface area (Å²) >= 11 is 0. The number of nitrogens with zero attached hydrogens (tertiary/aromatic N) is 1. The van der Waals surface area contributed by atoms with Crippen LogP contribution in [0.15, 0.2) is 115 Å². The van der Waals surface area contributed by atoms with E-state index < -0.39 is 23.9 Å². The van der Waals surface area contributed by atoms with Gasteiger partial charge >= 0.3 is 0 Å². The number of nitrogens with one attached hydrogen (secondary N) is 1. The summed E-state index contributed by atoms with van der Waals surface area (Å²) in [5.74, 6) is -1.89. The molecule has 0 aliphatic carbocycles. The lowest BCUT2D eigenvalue weighted by atomic mass is 9.76. The molecule has 1 aliphatic rings. The molecular weight excluding hydrogens is 496 g/mol. The van der Waals surface area contributed by atoms with Gasteiger partial charge in [-0.15, -0.1) is 0 Å². The highest BCUT2D eigenvalue weighted by atomic mass is 16.2. The van der Waals surface area contributed by atoms with Crippen LogP contribution in [0.3, 0.4) is 0 Å². The largest absolute Gasteiger partial charge is 0.352 e. The van der Waals surface area contributed by atoms with E-state index in [1.54, 1.807) is 29.2 Å². The molecule has 4 aromatic carbocycles. The standard InChI is InChI=1S/C35H34N2O3/c1-23(2)36-34(39)32-29(25-13-7-4-8-14-25)30(33(38)27-17-11-6-12-18-27)31(26-15-9-5-10-16-26)37(32)35(40)28-21-19-24(3)20-22-28/h4-23,29-32H,1-3H3,(H,36,39). The van der Waals surface area contributed by atoms with Crippen molar-refractivity contribution >= 4 is 17.6 Å². The van der Waals surface area contributed by atoms with Crippen molar-refractivity contribution in [2.24, 2.45) is 5.92 Å². The molecule has 1 saturated heterocycles. The first-order valence-corrected chi connectivity index (χ1v) is 13.8. The summed E-state index contributed by atoms with van der Waals surface area (Å²) < 4.78 is 0. The van der Waals surface area contributed by atoms with E-state index >= 15 is 0 Å². The first-order valence-electron chi connectivity index (χ1n) is 13.8. The first-order chi connectivity index (χ1) is 19.4. The summed E-state index contributed by atoms with van der Waals surface area (Å²) in [6.07, 6.45) is 0. The summed E-state index contributed by atoms with van der Waals surface area (Å²) in [5, 5.41) is 3.06. The second kappa shape index (κ2) is 11.7. The lowest BCUT2D eigenvalue weighted by Gasteiger charge is -2.32. The van der Waals surface area contributed by atoms with Crippen molar-refractivity contribution in [2.75, 3.05) is 0 Å². The van der Waals surface area contributed by atoms with Crippen molar-refractivity contribution < 1.29 is 14.4 Å². The van der Waals surface area contributed by atoms with Crippen molar-refractivity contribution in [1.82, 2.24) is 10.2 Å². The van der Waals surface area contributed by atoms with E-state index in [9.17, 15) is 14.4 Å². The van der Waals surface area contributed by atoms with Crippen LogP contribution in [-0.4, -0.2) is 34.6 Å². The number of ketones is 1. The van der Waals surface area contributed by atoms with Gasteiger partial charge in [0.15, 0.2) is 5.78 Å². The zero-order valence-corrected chi connectivity index (χ0v) is 23.0. The number of aryl methyl sites for hydroxylation is 1. The highest BCUT2D eigenvalue weighted by Crippen LogP contribution is 2.51. The molecule has 202 valence electrons. The van der Waals surface area contributed by atoms with Crippen molar-refractivity contribution in [3.05, 3.63) is 143 Å². The number of carbonyl (C=O) groups excluding carboxylic acids is 3. The van der Waals surface area contributed by atoms with Crippen molar-refractivity contribution in [3.8, 4) is 0 Å². The molecule has 0 bridgehead atoms. The van der Waals surface area contributed by atoms with Gasteiger partial charge in [0.1, 0.15) is 6.04 Å². The van der Waals surface area contributed by atoms with E-state index in [1.807, 2.05) is 112 Å². The van der Waals surface area contributed by atoms with E-state index in [1.165, 1.54) is 0 Å². The molecule has 5 nitrogen and oxygen atoms in total. The molecule has 2 amide bonds. The fourth-order valence-electron chi connectivity index (χ4n) is 5.85. The maximum absolute atomic E-state index is 14.5. The van der Waals surface area contributed by atoms with Gasteiger partial charge in [0.05, 0.1) is 12.0 Å². The molecule has 4 aromatic rings. The first kappa shape index (κ1) is 27.1. The van der Waals surface area contributed by atoms with E-state index in [0.29, 0.717) is 11.1 Å². The molecule has 0 spiro atoms. The van der Waals surface area contributed by atoms with Gasteiger partial charge in [0.25, 0.3) is 5.91 Å². The Morgan fingerprint density at radius 3 is 1.75 bits per heavy atom. The minimum Gasteiger partial charge on any atom is -0.352 e. The maximum atomic E-state index is 14.5. The van der Waals surface area contributed by atoms with Crippen molar-refractivity contribution in [1.29, 1.82) is 0 Å². The fourth-order valence-corrected chi connectivity index (χ4v) is 5.85. The van der Waals surface area contributed by atoms with Crippen molar-refractivity contribution in [3.63, 3.8) is 0 Å². The minimum atomic E-state index is -0.901. The van der Waals surface area contributed by atoms with Crippen LogP contribution in [0.2, 0.25) is 0 Å². The van der Waals surface area contributed by atoms with E-state index in [2.05, 4.69) is 5.32 Å². The lowest BCUT2D eigenvalue weighted by Crippen LogP contribution is -2.50. The summed E-state index contributed by atoms with van der Waals surface area (Å²) in [7, 11) is 0. The molecule has 0 radical (unpaired) electrons. The SMILES string of the molecule is Cc1ccc(C(=O)N2C(C(=O)NC(C)C)C(c3ccccc3)C(C(=O)c3ccccc3)C2c2ccccc2)cc1. The smallest absolute Gasteiger partial charge is 0.255 e. The Labute approximate surface area is 235 Å². The van der Waals surface area contributed by atoms with Gasteiger partial charge in [-0.3, -0.25) is 14.4 Å².